The van der Waals surface area contributed by atoms with E-state index in [0.29, 0.717) is 11.4 Å². The number of para-hydroxylation sites is 1. The minimum atomic E-state index is -0.0479. The van der Waals surface area contributed by atoms with Gasteiger partial charge < -0.3 is 10.5 Å². The summed E-state index contributed by atoms with van der Waals surface area (Å²) in [5, 5.41) is 10.3. The Hall–Kier alpha value is -2.12. The van der Waals surface area contributed by atoms with Gasteiger partial charge in [-0.3, -0.25) is 0 Å². The lowest BCUT2D eigenvalue weighted by atomic mass is 10.1. The van der Waals surface area contributed by atoms with Gasteiger partial charge in [0.2, 0.25) is 5.88 Å². The predicted molar refractivity (Wildman–Crippen MR) is 81.9 cm³/mol. The molecule has 4 nitrogen and oxygen atoms in total. The molecule has 0 amide bonds. The van der Waals surface area contributed by atoms with Crippen molar-refractivity contribution in [1.82, 2.24) is 4.98 Å². The number of hydrogen-bond acceptors (Lipinski definition) is 4. The zero-order valence-corrected chi connectivity index (χ0v) is 12.0. The number of nitriles is 1. The average molecular weight is 281 g/mol. The van der Waals surface area contributed by atoms with Gasteiger partial charge in [-0.1, -0.05) is 31.0 Å². The standard InChI is InChI=1S/C17H19N3O/c18-11-13-10-12-6-4-5-8-15(12)20-17(13)21-16-9-3-1-2-7-14(16)19/h4-6,8,10,14,16H,1-3,7,9,19H2. The Bertz CT molecular complexity index is 677. The molecule has 0 aliphatic heterocycles. The molecule has 2 N–H and O–H groups in total. The highest BCUT2D eigenvalue weighted by atomic mass is 16.5. The largest absolute Gasteiger partial charge is 0.472 e. The zero-order valence-electron chi connectivity index (χ0n) is 12.0. The molecular formula is C17H19N3O. The molecule has 108 valence electrons. The van der Waals surface area contributed by atoms with Gasteiger partial charge in [0.1, 0.15) is 17.7 Å². The van der Waals surface area contributed by atoms with Gasteiger partial charge in [-0.25, -0.2) is 4.98 Å². The van der Waals surface area contributed by atoms with Crippen LogP contribution in [-0.4, -0.2) is 17.1 Å². The molecule has 2 atom stereocenters. The van der Waals surface area contributed by atoms with Crippen molar-refractivity contribution in [3.63, 3.8) is 0 Å². The molecule has 2 aromatic rings. The summed E-state index contributed by atoms with van der Waals surface area (Å²) in [6.45, 7) is 0. The molecule has 1 fully saturated rings. The van der Waals surface area contributed by atoms with E-state index >= 15 is 0 Å². The Balaban J connectivity index is 1.93. The summed E-state index contributed by atoms with van der Waals surface area (Å²) in [6.07, 6.45) is 5.32. The highest BCUT2D eigenvalue weighted by Gasteiger charge is 2.23. The summed E-state index contributed by atoms with van der Waals surface area (Å²) < 4.78 is 6.02. The molecule has 1 aromatic carbocycles. The van der Waals surface area contributed by atoms with Gasteiger partial charge in [0.15, 0.2) is 0 Å². The van der Waals surface area contributed by atoms with Gasteiger partial charge in [0.25, 0.3) is 0 Å². The molecule has 0 saturated heterocycles. The molecule has 1 aliphatic rings. The monoisotopic (exact) mass is 281 g/mol. The van der Waals surface area contributed by atoms with E-state index in [4.69, 9.17) is 10.5 Å². The van der Waals surface area contributed by atoms with Gasteiger partial charge in [0, 0.05) is 11.4 Å². The number of ether oxygens (including phenoxy) is 1. The van der Waals surface area contributed by atoms with Crippen LogP contribution in [0.15, 0.2) is 30.3 Å². The van der Waals surface area contributed by atoms with Crippen LogP contribution in [0.1, 0.15) is 37.7 Å². The van der Waals surface area contributed by atoms with Crippen LogP contribution in [0, 0.1) is 11.3 Å². The molecular weight excluding hydrogens is 262 g/mol. The quantitative estimate of drug-likeness (QED) is 0.858. The Kier molecular flexibility index (Phi) is 4.03. The highest BCUT2D eigenvalue weighted by molar-refractivity contribution is 5.80. The molecule has 1 aliphatic carbocycles. The minimum Gasteiger partial charge on any atom is -0.472 e. The van der Waals surface area contributed by atoms with Gasteiger partial charge in [-0.15, -0.1) is 0 Å². The molecule has 2 unspecified atom stereocenters. The number of rotatable bonds is 2. The van der Waals surface area contributed by atoms with Crippen LogP contribution in [0.2, 0.25) is 0 Å². The number of aromatic nitrogens is 1. The Morgan fingerprint density at radius 2 is 2.00 bits per heavy atom. The van der Waals surface area contributed by atoms with Crippen molar-refractivity contribution in [2.75, 3.05) is 0 Å². The van der Waals surface area contributed by atoms with Crippen molar-refractivity contribution in [2.45, 2.75) is 44.2 Å². The normalized spacial score (nSPS) is 22.5. The maximum atomic E-state index is 9.33. The molecule has 0 spiro atoms. The first-order chi connectivity index (χ1) is 10.3. The van der Waals surface area contributed by atoms with Crippen molar-refractivity contribution in [3.05, 3.63) is 35.9 Å². The van der Waals surface area contributed by atoms with Crippen molar-refractivity contribution in [2.24, 2.45) is 5.73 Å². The van der Waals surface area contributed by atoms with Crippen LogP contribution >= 0.6 is 0 Å². The first-order valence-corrected chi connectivity index (χ1v) is 7.50. The van der Waals surface area contributed by atoms with Crippen LogP contribution in [0.25, 0.3) is 10.9 Å². The van der Waals surface area contributed by atoms with Crippen LogP contribution in [-0.2, 0) is 0 Å². The molecule has 1 aromatic heterocycles. The average Bonchev–Trinajstić information content (AvgIpc) is 2.71. The fraction of sp³-hybridized carbons (Fsp3) is 0.412. The van der Waals surface area contributed by atoms with E-state index in [1.165, 1.54) is 6.42 Å². The number of nitrogens with zero attached hydrogens (tertiary/aromatic N) is 2. The second kappa shape index (κ2) is 6.11. The third kappa shape index (κ3) is 2.98. The topological polar surface area (TPSA) is 71.9 Å². The Labute approximate surface area is 124 Å². The second-order valence-electron chi connectivity index (χ2n) is 5.60. The van der Waals surface area contributed by atoms with Crippen molar-refractivity contribution < 1.29 is 4.74 Å². The van der Waals surface area contributed by atoms with E-state index in [0.717, 1.165) is 36.6 Å². The lowest BCUT2D eigenvalue weighted by Gasteiger charge is -2.22. The maximum Gasteiger partial charge on any atom is 0.232 e. The smallest absolute Gasteiger partial charge is 0.232 e. The highest BCUT2D eigenvalue weighted by Crippen LogP contribution is 2.26. The van der Waals surface area contributed by atoms with E-state index in [9.17, 15) is 5.26 Å². The summed E-state index contributed by atoms with van der Waals surface area (Å²) in [7, 11) is 0. The molecule has 1 saturated carbocycles. The van der Waals surface area contributed by atoms with Crippen molar-refractivity contribution in [3.8, 4) is 11.9 Å². The van der Waals surface area contributed by atoms with Crippen LogP contribution in [0.5, 0.6) is 5.88 Å². The van der Waals surface area contributed by atoms with E-state index in [1.54, 1.807) is 0 Å². The molecule has 21 heavy (non-hydrogen) atoms. The lowest BCUT2D eigenvalue weighted by Crippen LogP contribution is -2.38. The van der Waals surface area contributed by atoms with E-state index < -0.39 is 0 Å². The first kappa shape index (κ1) is 13.8. The van der Waals surface area contributed by atoms with E-state index in [1.807, 2.05) is 30.3 Å². The number of pyridine rings is 1. The molecule has 0 bridgehead atoms. The second-order valence-corrected chi connectivity index (χ2v) is 5.60. The van der Waals surface area contributed by atoms with Crippen LogP contribution in [0.4, 0.5) is 0 Å². The molecule has 4 heteroatoms. The third-order valence-corrected chi connectivity index (χ3v) is 4.08. The summed E-state index contributed by atoms with van der Waals surface area (Å²) in [4.78, 5) is 4.50. The number of nitrogens with two attached hydrogens (primary N) is 1. The minimum absolute atomic E-state index is 0.0207. The van der Waals surface area contributed by atoms with E-state index in [-0.39, 0.29) is 12.1 Å². The predicted octanol–water partition coefficient (Wildman–Crippen LogP) is 3.15. The van der Waals surface area contributed by atoms with Crippen molar-refractivity contribution in [1.29, 1.82) is 5.26 Å². The van der Waals surface area contributed by atoms with Crippen molar-refractivity contribution >= 4 is 10.9 Å². The van der Waals surface area contributed by atoms with Crippen LogP contribution < -0.4 is 10.5 Å². The number of fused-ring (bicyclic) bond motifs is 1. The van der Waals surface area contributed by atoms with Gasteiger partial charge in [-0.2, -0.15) is 5.26 Å². The fourth-order valence-corrected chi connectivity index (χ4v) is 2.86. The fourth-order valence-electron chi connectivity index (χ4n) is 2.86. The SMILES string of the molecule is N#Cc1cc2ccccc2nc1OC1CCCCCC1N. The van der Waals surface area contributed by atoms with Crippen LogP contribution in [0.3, 0.4) is 0 Å². The molecule has 3 rings (SSSR count). The lowest BCUT2D eigenvalue weighted by molar-refractivity contribution is 0.156. The van der Waals surface area contributed by atoms with Gasteiger partial charge in [-0.05, 0) is 31.4 Å². The number of hydrogen-bond donors (Lipinski definition) is 1. The Morgan fingerprint density at radius 1 is 1.19 bits per heavy atom. The van der Waals surface area contributed by atoms with Gasteiger partial charge in [0.05, 0.1) is 5.52 Å². The van der Waals surface area contributed by atoms with E-state index in [2.05, 4.69) is 11.1 Å². The summed E-state index contributed by atoms with van der Waals surface area (Å²) >= 11 is 0. The molecule has 1 heterocycles. The summed E-state index contributed by atoms with van der Waals surface area (Å²) in [5.74, 6) is 0.415. The maximum absolute atomic E-state index is 9.33. The number of benzene rings is 1. The summed E-state index contributed by atoms with van der Waals surface area (Å²) in [5.41, 5.74) is 7.51. The Morgan fingerprint density at radius 3 is 2.86 bits per heavy atom. The first-order valence-electron chi connectivity index (χ1n) is 7.50. The molecule has 0 radical (unpaired) electrons. The zero-order chi connectivity index (χ0) is 14.7. The third-order valence-electron chi connectivity index (χ3n) is 4.08. The summed E-state index contributed by atoms with van der Waals surface area (Å²) in [6, 6.07) is 11.8. The van der Waals surface area contributed by atoms with Gasteiger partial charge >= 0.3 is 0 Å².